The van der Waals surface area contributed by atoms with Crippen LogP contribution in [0.5, 0.6) is 0 Å². The van der Waals surface area contributed by atoms with E-state index >= 15 is 0 Å². The third-order valence-corrected chi connectivity index (χ3v) is 2.77. The van der Waals surface area contributed by atoms with Gasteiger partial charge in [0.1, 0.15) is 0 Å². The van der Waals surface area contributed by atoms with Crippen molar-refractivity contribution < 1.29 is 9.36 Å². The van der Waals surface area contributed by atoms with E-state index in [0.717, 1.165) is 12.8 Å². The third-order valence-electron chi connectivity index (χ3n) is 2.77. The molecule has 2 nitrogen and oxygen atoms in total. The summed E-state index contributed by atoms with van der Waals surface area (Å²) in [6, 6.07) is 0. The standard InChI is InChI=1S/C10H17BO2/c1-7(2)9-5-4-8(3)6-10(9)13-11-12/h8,10H,4-6H2,1-3H3/t8-,10-/m1/s1. The van der Waals surface area contributed by atoms with Gasteiger partial charge in [-0.2, -0.15) is 0 Å². The monoisotopic (exact) mass is 180 g/mol. The fourth-order valence-corrected chi connectivity index (χ4v) is 1.97. The van der Waals surface area contributed by atoms with E-state index in [4.69, 9.17) is 4.65 Å². The second-order valence-corrected chi connectivity index (χ2v) is 4.13. The fourth-order valence-electron chi connectivity index (χ4n) is 1.97. The molecule has 1 aliphatic carbocycles. The molecule has 13 heavy (non-hydrogen) atoms. The Bertz CT molecular complexity index is 219. The van der Waals surface area contributed by atoms with Crippen molar-refractivity contribution in [2.45, 2.75) is 46.1 Å². The van der Waals surface area contributed by atoms with Crippen LogP contribution < -0.4 is 0 Å². The molecule has 0 spiro atoms. The maximum absolute atomic E-state index is 10.3. The minimum absolute atomic E-state index is 0.0475. The summed E-state index contributed by atoms with van der Waals surface area (Å²) in [4.78, 5) is 0. The second kappa shape index (κ2) is 4.59. The molecule has 3 heteroatoms. The van der Waals surface area contributed by atoms with Crippen LogP contribution in [0.4, 0.5) is 0 Å². The second-order valence-electron chi connectivity index (χ2n) is 4.13. The van der Waals surface area contributed by atoms with Gasteiger partial charge in [-0.3, -0.25) is 0 Å². The maximum atomic E-state index is 10.3. The molecule has 0 unspecified atom stereocenters. The minimum atomic E-state index is 0.0475. The SMILES string of the molecule is CC(C)=C1CC[C@@H](C)C[C@H]1OB=O. The van der Waals surface area contributed by atoms with Crippen molar-refractivity contribution >= 4 is 7.35 Å². The van der Waals surface area contributed by atoms with Gasteiger partial charge in [0.2, 0.25) is 0 Å². The van der Waals surface area contributed by atoms with Crippen LogP contribution in [-0.4, -0.2) is 13.5 Å². The van der Waals surface area contributed by atoms with Crippen LogP contribution in [-0.2, 0) is 9.36 Å². The summed E-state index contributed by atoms with van der Waals surface area (Å²) in [5, 5.41) is 0. The molecule has 0 bridgehead atoms. The van der Waals surface area contributed by atoms with Crippen LogP contribution >= 0.6 is 0 Å². The van der Waals surface area contributed by atoms with Crippen molar-refractivity contribution in [3.8, 4) is 0 Å². The van der Waals surface area contributed by atoms with Crippen molar-refractivity contribution in [2.75, 3.05) is 0 Å². The average Bonchev–Trinajstić information content (AvgIpc) is 2.04. The van der Waals surface area contributed by atoms with Gasteiger partial charge in [-0.15, -0.1) is 0 Å². The first-order chi connectivity index (χ1) is 6.15. The molecule has 0 amide bonds. The molecule has 1 rings (SSSR count). The molecule has 1 aliphatic rings. The van der Waals surface area contributed by atoms with E-state index in [1.807, 2.05) is 0 Å². The predicted molar refractivity (Wildman–Crippen MR) is 52.7 cm³/mol. The zero-order chi connectivity index (χ0) is 9.84. The summed E-state index contributed by atoms with van der Waals surface area (Å²) in [6.07, 6.45) is 3.34. The Morgan fingerprint density at radius 3 is 2.77 bits per heavy atom. The first kappa shape index (κ1) is 10.5. The van der Waals surface area contributed by atoms with E-state index in [2.05, 4.69) is 20.8 Å². The molecular formula is C10H17BO2. The fraction of sp³-hybridized carbons (Fsp3) is 0.800. The van der Waals surface area contributed by atoms with Crippen LogP contribution in [0.15, 0.2) is 11.1 Å². The first-order valence-corrected chi connectivity index (χ1v) is 4.90. The summed E-state index contributed by atoms with van der Waals surface area (Å²) >= 11 is 0. The van der Waals surface area contributed by atoms with Gasteiger partial charge in [0.15, 0.2) is 0 Å². The van der Waals surface area contributed by atoms with Gasteiger partial charge in [0.25, 0.3) is 0 Å². The van der Waals surface area contributed by atoms with Crippen molar-refractivity contribution in [1.29, 1.82) is 0 Å². The van der Waals surface area contributed by atoms with E-state index in [1.165, 1.54) is 17.6 Å². The Balaban J connectivity index is 2.72. The van der Waals surface area contributed by atoms with Gasteiger partial charge in [-0.1, -0.05) is 0 Å². The predicted octanol–water partition coefficient (Wildman–Crippen LogP) is 2.49. The molecule has 0 aromatic heterocycles. The average molecular weight is 180 g/mol. The molecule has 0 aliphatic heterocycles. The summed E-state index contributed by atoms with van der Waals surface area (Å²) in [6.45, 7) is 6.39. The molecule has 2 atom stereocenters. The van der Waals surface area contributed by atoms with Crippen molar-refractivity contribution in [3.05, 3.63) is 11.1 Å². The molecule has 72 valence electrons. The quantitative estimate of drug-likeness (QED) is 0.482. The van der Waals surface area contributed by atoms with Crippen molar-refractivity contribution in [3.63, 3.8) is 0 Å². The van der Waals surface area contributed by atoms with Gasteiger partial charge in [-0.05, 0) is 0 Å². The summed E-state index contributed by atoms with van der Waals surface area (Å²) in [5.74, 6) is 0.674. The normalized spacial score (nSPS) is 28.1. The first-order valence-electron chi connectivity index (χ1n) is 4.90. The van der Waals surface area contributed by atoms with E-state index < -0.39 is 0 Å². The van der Waals surface area contributed by atoms with Crippen molar-refractivity contribution in [1.82, 2.24) is 0 Å². The van der Waals surface area contributed by atoms with E-state index in [1.54, 1.807) is 0 Å². The topological polar surface area (TPSA) is 26.3 Å². The Hall–Kier alpha value is -0.595. The molecule has 0 radical (unpaired) electrons. The van der Waals surface area contributed by atoms with Crippen LogP contribution in [0.3, 0.4) is 0 Å². The van der Waals surface area contributed by atoms with Crippen LogP contribution in [0, 0.1) is 5.92 Å². The van der Waals surface area contributed by atoms with Gasteiger partial charge in [0.05, 0.1) is 0 Å². The molecule has 1 saturated carbocycles. The Labute approximate surface area is 80.6 Å². The zero-order valence-electron chi connectivity index (χ0n) is 8.67. The van der Waals surface area contributed by atoms with Gasteiger partial charge >= 0.3 is 79.9 Å². The van der Waals surface area contributed by atoms with E-state index in [9.17, 15) is 4.70 Å². The van der Waals surface area contributed by atoms with Gasteiger partial charge in [-0.25, -0.2) is 0 Å². The Morgan fingerprint density at radius 1 is 1.54 bits per heavy atom. The van der Waals surface area contributed by atoms with E-state index in [-0.39, 0.29) is 6.10 Å². The van der Waals surface area contributed by atoms with Crippen LogP contribution in [0.1, 0.15) is 40.0 Å². The Kier molecular flexibility index (Phi) is 3.70. The summed E-state index contributed by atoms with van der Waals surface area (Å²) in [5.41, 5.74) is 2.63. The number of hydrogen-bond donors (Lipinski definition) is 0. The number of allylic oxidation sites excluding steroid dienone is 1. The molecule has 0 N–H and O–H groups in total. The third kappa shape index (κ3) is 2.68. The van der Waals surface area contributed by atoms with Gasteiger partial charge in [0, 0.05) is 0 Å². The van der Waals surface area contributed by atoms with Gasteiger partial charge < -0.3 is 0 Å². The molecule has 0 aromatic carbocycles. The zero-order valence-corrected chi connectivity index (χ0v) is 8.67. The molecule has 1 fully saturated rings. The van der Waals surface area contributed by atoms with E-state index in [0.29, 0.717) is 13.3 Å². The summed E-state index contributed by atoms with van der Waals surface area (Å²) in [7, 11) is 0.575. The summed E-state index contributed by atoms with van der Waals surface area (Å²) < 4.78 is 15.4. The number of rotatable bonds is 2. The molecule has 0 aromatic rings. The molecule has 0 saturated heterocycles. The Morgan fingerprint density at radius 2 is 2.23 bits per heavy atom. The van der Waals surface area contributed by atoms with Crippen molar-refractivity contribution in [2.24, 2.45) is 5.92 Å². The molecular weight excluding hydrogens is 163 g/mol. The number of hydrogen-bond acceptors (Lipinski definition) is 2. The van der Waals surface area contributed by atoms with Crippen LogP contribution in [0.2, 0.25) is 0 Å². The van der Waals surface area contributed by atoms with Crippen LogP contribution in [0.25, 0.3) is 0 Å². The molecule has 0 heterocycles.